The highest BCUT2D eigenvalue weighted by molar-refractivity contribution is 6.03. The van der Waals surface area contributed by atoms with Gasteiger partial charge in [-0.25, -0.2) is 13.2 Å². The molecule has 0 saturated heterocycles. The lowest BCUT2D eigenvalue weighted by Gasteiger charge is -2.28. The maximum Gasteiger partial charge on any atom is 0.173 e. The first-order chi connectivity index (χ1) is 12.0. The van der Waals surface area contributed by atoms with Gasteiger partial charge in [-0.3, -0.25) is 0 Å². The van der Waals surface area contributed by atoms with Gasteiger partial charge in [0.15, 0.2) is 23.2 Å². The summed E-state index contributed by atoms with van der Waals surface area (Å²) in [7, 11) is 0. The second-order valence-electron chi connectivity index (χ2n) is 7.48. The number of hydrogen-bond acceptors (Lipinski definition) is 1. The summed E-state index contributed by atoms with van der Waals surface area (Å²) >= 11 is 0. The van der Waals surface area contributed by atoms with Crippen molar-refractivity contribution in [1.82, 2.24) is 0 Å². The topological polar surface area (TPSA) is 9.23 Å². The minimum Gasteiger partial charge on any atom is -0.490 e. The van der Waals surface area contributed by atoms with Crippen molar-refractivity contribution >= 4 is 0 Å². The number of halogens is 3. The number of fused-ring (bicyclic) bond motifs is 4. The van der Waals surface area contributed by atoms with Gasteiger partial charge in [-0.1, -0.05) is 19.8 Å². The third-order valence-electron chi connectivity index (χ3n) is 5.65. The molecule has 0 radical (unpaired) electrons. The molecule has 2 aromatic carbocycles. The molecule has 2 aliphatic carbocycles. The van der Waals surface area contributed by atoms with E-state index in [2.05, 4.69) is 6.92 Å². The Morgan fingerprint density at radius 2 is 1.60 bits per heavy atom. The van der Waals surface area contributed by atoms with Crippen LogP contribution in [0, 0.1) is 36.2 Å². The van der Waals surface area contributed by atoms with Crippen molar-refractivity contribution in [2.45, 2.75) is 39.5 Å². The van der Waals surface area contributed by atoms with Crippen LogP contribution in [0.5, 0.6) is 5.75 Å². The predicted molar refractivity (Wildman–Crippen MR) is 92.1 cm³/mol. The van der Waals surface area contributed by atoms with Gasteiger partial charge in [0.25, 0.3) is 0 Å². The van der Waals surface area contributed by atoms with Crippen LogP contribution in [0.3, 0.4) is 0 Å². The molecule has 0 aromatic heterocycles. The highest BCUT2D eigenvalue weighted by atomic mass is 19.2. The summed E-state index contributed by atoms with van der Waals surface area (Å²) in [4.78, 5) is 0. The molecule has 25 heavy (non-hydrogen) atoms. The van der Waals surface area contributed by atoms with Crippen LogP contribution >= 0.6 is 0 Å². The highest BCUT2D eigenvalue weighted by Gasteiger charge is 2.33. The minimum atomic E-state index is -0.972. The van der Waals surface area contributed by atoms with Crippen molar-refractivity contribution in [3.63, 3.8) is 0 Å². The number of rotatable bonds is 3. The van der Waals surface area contributed by atoms with Gasteiger partial charge in [0.1, 0.15) is 0 Å². The summed E-state index contributed by atoms with van der Waals surface area (Å²) in [6.45, 7) is 4.23. The summed E-state index contributed by atoms with van der Waals surface area (Å²) in [6.07, 6.45) is 4.54. The molecule has 4 heteroatoms. The number of benzene rings is 2. The Balaban J connectivity index is 1.57. The minimum absolute atomic E-state index is 0.0348. The molecule has 0 N–H and O–H groups in total. The van der Waals surface area contributed by atoms with Crippen LogP contribution in [0.15, 0.2) is 18.2 Å². The van der Waals surface area contributed by atoms with Gasteiger partial charge in [0.2, 0.25) is 0 Å². The van der Waals surface area contributed by atoms with E-state index >= 15 is 0 Å². The van der Waals surface area contributed by atoms with Crippen molar-refractivity contribution in [3.05, 3.63) is 41.2 Å². The van der Waals surface area contributed by atoms with E-state index in [1.165, 1.54) is 19.8 Å². The Hall–Kier alpha value is -1.97. The lowest BCUT2D eigenvalue weighted by Crippen LogP contribution is -2.19. The molecule has 2 aliphatic rings. The average molecular weight is 346 g/mol. The number of ether oxygens (including phenoxy) is 1. The largest absolute Gasteiger partial charge is 0.490 e. The third-order valence-corrected chi connectivity index (χ3v) is 5.65. The SMILES string of the molecule is Cc1cc2c(c(F)c1F)-c1c-2ccc(OCC2CCC(C)CC2)c1F. The second-order valence-corrected chi connectivity index (χ2v) is 7.48. The molecule has 1 saturated carbocycles. The van der Waals surface area contributed by atoms with Gasteiger partial charge in [0, 0.05) is 11.1 Å². The Morgan fingerprint density at radius 3 is 2.32 bits per heavy atom. The van der Waals surface area contributed by atoms with Crippen molar-refractivity contribution in [3.8, 4) is 28.0 Å². The van der Waals surface area contributed by atoms with Crippen LogP contribution in [0.4, 0.5) is 13.2 Å². The maximum absolute atomic E-state index is 14.8. The molecule has 0 atom stereocenters. The smallest absolute Gasteiger partial charge is 0.173 e. The Labute approximate surface area is 145 Å². The van der Waals surface area contributed by atoms with E-state index in [0.717, 1.165) is 18.8 Å². The van der Waals surface area contributed by atoms with Crippen LogP contribution in [0.25, 0.3) is 22.3 Å². The monoisotopic (exact) mass is 346 g/mol. The molecule has 2 aromatic rings. The molecule has 0 unspecified atom stereocenters. The fraction of sp³-hybridized carbons (Fsp3) is 0.429. The van der Waals surface area contributed by atoms with Crippen LogP contribution in [-0.2, 0) is 0 Å². The molecule has 0 aliphatic heterocycles. The van der Waals surface area contributed by atoms with E-state index < -0.39 is 17.5 Å². The van der Waals surface area contributed by atoms with Gasteiger partial charge in [-0.05, 0) is 66.5 Å². The van der Waals surface area contributed by atoms with Crippen LogP contribution < -0.4 is 4.74 Å². The van der Waals surface area contributed by atoms with Gasteiger partial charge < -0.3 is 4.74 Å². The van der Waals surface area contributed by atoms with Gasteiger partial charge >= 0.3 is 0 Å². The molecule has 0 bridgehead atoms. The lowest BCUT2D eigenvalue weighted by atomic mass is 9.78. The average Bonchev–Trinajstić information content (AvgIpc) is 2.59. The molecule has 1 nitrogen and oxygen atoms in total. The molecule has 4 rings (SSSR count). The molecular weight excluding hydrogens is 325 g/mol. The molecule has 0 spiro atoms. The van der Waals surface area contributed by atoms with Crippen molar-refractivity contribution in [2.75, 3.05) is 6.61 Å². The molecule has 0 amide bonds. The van der Waals surface area contributed by atoms with Gasteiger partial charge in [0.05, 0.1) is 6.61 Å². The van der Waals surface area contributed by atoms with E-state index in [-0.39, 0.29) is 22.4 Å². The lowest BCUT2D eigenvalue weighted by molar-refractivity contribution is 0.183. The fourth-order valence-electron chi connectivity index (χ4n) is 3.99. The van der Waals surface area contributed by atoms with E-state index in [0.29, 0.717) is 23.7 Å². The molecule has 0 heterocycles. The number of hydrogen-bond donors (Lipinski definition) is 0. The van der Waals surface area contributed by atoms with E-state index in [1.54, 1.807) is 18.2 Å². The van der Waals surface area contributed by atoms with Crippen LogP contribution in [0.2, 0.25) is 0 Å². The van der Waals surface area contributed by atoms with Crippen molar-refractivity contribution < 1.29 is 17.9 Å². The quantitative estimate of drug-likeness (QED) is 0.543. The zero-order chi connectivity index (χ0) is 17.7. The summed E-state index contributed by atoms with van der Waals surface area (Å²) < 4.78 is 48.6. The van der Waals surface area contributed by atoms with Crippen molar-refractivity contribution in [1.29, 1.82) is 0 Å². The summed E-state index contributed by atoms with van der Waals surface area (Å²) in [5, 5.41) is 0. The standard InChI is InChI=1S/C21H21F3O/c1-11-3-5-13(6-4-11)10-25-16-8-7-14-15-9-12(2)19(22)21(24)18(15)17(14)20(16)23/h7-9,11,13H,3-6,10H2,1-2H3. The van der Waals surface area contributed by atoms with E-state index in [1.807, 2.05) is 0 Å². The maximum atomic E-state index is 14.8. The number of aryl methyl sites for hydroxylation is 1. The highest BCUT2D eigenvalue weighted by Crippen LogP contribution is 2.52. The molecule has 1 fully saturated rings. The van der Waals surface area contributed by atoms with Gasteiger partial charge in [-0.2, -0.15) is 0 Å². The van der Waals surface area contributed by atoms with Crippen molar-refractivity contribution in [2.24, 2.45) is 11.8 Å². The Kier molecular flexibility index (Phi) is 4.01. The first-order valence-corrected chi connectivity index (χ1v) is 8.92. The van der Waals surface area contributed by atoms with Gasteiger partial charge in [-0.15, -0.1) is 0 Å². The summed E-state index contributed by atoms with van der Waals surface area (Å²) in [6, 6.07) is 4.90. The predicted octanol–water partition coefficient (Wildman–Crippen LogP) is 6.26. The second kappa shape index (κ2) is 6.08. The summed E-state index contributed by atoms with van der Waals surface area (Å²) in [5.74, 6) is -1.15. The first kappa shape index (κ1) is 16.5. The fourth-order valence-corrected chi connectivity index (χ4v) is 3.99. The third kappa shape index (κ3) is 2.62. The summed E-state index contributed by atoms with van der Waals surface area (Å²) in [5.41, 5.74) is 1.59. The Bertz CT molecular complexity index is 836. The zero-order valence-corrected chi connectivity index (χ0v) is 14.5. The van der Waals surface area contributed by atoms with Crippen LogP contribution in [0.1, 0.15) is 38.2 Å². The van der Waals surface area contributed by atoms with E-state index in [9.17, 15) is 13.2 Å². The van der Waals surface area contributed by atoms with Crippen LogP contribution in [-0.4, -0.2) is 6.61 Å². The first-order valence-electron chi connectivity index (χ1n) is 8.92. The Morgan fingerprint density at radius 1 is 0.920 bits per heavy atom. The zero-order valence-electron chi connectivity index (χ0n) is 14.5. The molecule has 132 valence electrons. The normalized spacial score (nSPS) is 21.3. The molecular formula is C21H21F3O. The van der Waals surface area contributed by atoms with E-state index in [4.69, 9.17) is 4.74 Å².